The summed E-state index contributed by atoms with van der Waals surface area (Å²) in [6.07, 6.45) is 4.21. The Morgan fingerprint density at radius 1 is 1.00 bits per heavy atom. The van der Waals surface area contributed by atoms with Crippen molar-refractivity contribution in [2.45, 2.75) is 0 Å². The fourth-order valence-corrected chi connectivity index (χ4v) is 2.18. The van der Waals surface area contributed by atoms with Crippen molar-refractivity contribution in [3.05, 3.63) is 31.7 Å². The van der Waals surface area contributed by atoms with E-state index in [-0.39, 0.29) is 21.2 Å². The van der Waals surface area contributed by atoms with Crippen molar-refractivity contribution in [2.75, 3.05) is 0 Å². The summed E-state index contributed by atoms with van der Waals surface area (Å²) in [6, 6.07) is 0. The Balaban J connectivity index is 2.34. The fourth-order valence-electron chi connectivity index (χ4n) is 0.804. The van der Waals surface area contributed by atoms with Crippen LogP contribution in [0.15, 0.2) is 31.7 Å². The standard InChI is InChI=1S/C6H7IN3/c1-3-7-4-2-6-5(1)8-10-9-6/h1-4,8-10H/q-1. The van der Waals surface area contributed by atoms with Crippen molar-refractivity contribution in [1.29, 1.82) is 0 Å². The van der Waals surface area contributed by atoms with E-state index in [2.05, 4.69) is 36.7 Å². The molecule has 0 bridgehead atoms. The van der Waals surface area contributed by atoms with Crippen molar-refractivity contribution in [3.63, 3.8) is 0 Å². The molecule has 0 fully saturated rings. The molecule has 4 heteroatoms. The first-order valence-electron chi connectivity index (χ1n) is 2.93. The maximum absolute atomic E-state index is 3.00. The second kappa shape index (κ2) is 2.63. The molecular formula is C6H7IN3-. The van der Waals surface area contributed by atoms with Crippen LogP contribution in [0.5, 0.6) is 0 Å². The molecule has 2 aliphatic heterocycles. The molecule has 0 amide bonds. The molecule has 2 aliphatic rings. The number of hydrazine groups is 2. The third-order valence-corrected chi connectivity index (χ3v) is 2.84. The van der Waals surface area contributed by atoms with Crippen LogP contribution in [0.3, 0.4) is 0 Å². The summed E-state index contributed by atoms with van der Waals surface area (Å²) in [4.78, 5) is 0. The summed E-state index contributed by atoms with van der Waals surface area (Å²) in [5.74, 6) is 0. The molecule has 0 atom stereocenters. The van der Waals surface area contributed by atoms with Crippen LogP contribution in [0.4, 0.5) is 0 Å². The van der Waals surface area contributed by atoms with E-state index in [0.717, 1.165) is 11.4 Å². The molecule has 0 aromatic heterocycles. The van der Waals surface area contributed by atoms with Crippen LogP contribution >= 0.6 is 0 Å². The molecule has 0 aromatic carbocycles. The van der Waals surface area contributed by atoms with Gasteiger partial charge in [-0.2, -0.15) is 0 Å². The van der Waals surface area contributed by atoms with E-state index in [9.17, 15) is 0 Å². The number of allylic oxidation sites excluding steroid dienone is 2. The van der Waals surface area contributed by atoms with E-state index in [0.29, 0.717) is 0 Å². The zero-order valence-corrected chi connectivity index (χ0v) is 7.34. The van der Waals surface area contributed by atoms with Gasteiger partial charge >= 0.3 is 69.3 Å². The van der Waals surface area contributed by atoms with Gasteiger partial charge < -0.3 is 0 Å². The molecule has 54 valence electrons. The van der Waals surface area contributed by atoms with E-state index in [1.807, 2.05) is 0 Å². The van der Waals surface area contributed by atoms with Crippen LogP contribution in [0.1, 0.15) is 0 Å². The molecule has 0 unspecified atom stereocenters. The van der Waals surface area contributed by atoms with Gasteiger partial charge in [0.1, 0.15) is 0 Å². The van der Waals surface area contributed by atoms with Gasteiger partial charge in [0.25, 0.3) is 0 Å². The van der Waals surface area contributed by atoms with Crippen molar-refractivity contribution < 1.29 is 21.2 Å². The Kier molecular flexibility index (Phi) is 1.64. The molecule has 0 spiro atoms. The summed E-state index contributed by atoms with van der Waals surface area (Å²) in [7, 11) is 0. The summed E-state index contributed by atoms with van der Waals surface area (Å²) in [6.45, 7) is 0. The van der Waals surface area contributed by atoms with Crippen LogP contribution in [0, 0.1) is 0 Å². The van der Waals surface area contributed by atoms with Gasteiger partial charge in [0.05, 0.1) is 0 Å². The quantitative estimate of drug-likeness (QED) is 0.398. The average molecular weight is 248 g/mol. The summed E-state index contributed by atoms with van der Waals surface area (Å²) < 4.78 is 4.44. The van der Waals surface area contributed by atoms with E-state index >= 15 is 0 Å². The fraction of sp³-hybridized carbons (Fsp3) is 0. The average Bonchev–Trinajstić information content (AvgIpc) is 2.28. The third-order valence-electron chi connectivity index (χ3n) is 1.29. The maximum atomic E-state index is 3.00. The molecule has 2 rings (SSSR count). The number of rotatable bonds is 0. The molecule has 10 heavy (non-hydrogen) atoms. The van der Waals surface area contributed by atoms with Gasteiger partial charge in [-0.1, -0.05) is 0 Å². The predicted molar refractivity (Wildman–Crippen MR) is 34.7 cm³/mol. The van der Waals surface area contributed by atoms with Gasteiger partial charge in [-0.3, -0.25) is 0 Å². The van der Waals surface area contributed by atoms with E-state index in [4.69, 9.17) is 0 Å². The van der Waals surface area contributed by atoms with Crippen LogP contribution in [-0.4, -0.2) is 0 Å². The molecule has 3 N–H and O–H groups in total. The monoisotopic (exact) mass is 248 g/mol. The Morgan fingerprint density at radius 2 is 1.60 bits per heavy atom. The second-order valence-corrected chi connectivity index (χ2v) is 4.07. The molecule has 0 aromatic rings. The Hall–Kier alpha value is -0.490. The van der Waals surface area contributed by atoms with Crippen LogP contribution in [-0.2, 0) is 0 Å². The van der Waals surface area contributed by atoms with E-state index < -0.39 is 0 Å². The van der Waals surface area contributed by atoms with Crippen LogP contribution in [0.25, 0.3) is 0 Å². The molecule has 0 radical (unpaired) electrons. The first-order valence-corrected chi connectivity index (χ1v) is 5.42. The number of hydrogen-bond donors (Lipinski definition) is 3. The normalized spacial score (nSPS) is 22.4. The minimum atomic E-state index is 0.150. The topological polar surface area (TPSA) is 36.1 Å². The van der Waals surface area contributed by atoms with E-state index in [1.165, 1.54) is 0 Å². The first kappa shape index (κ1) is 6.23. The van der Waals surface area contributed by atoms with Gasteiger partial charge in [0.15, 0.2) is 0 Å². The molecule has 0 aliphatic carbocycles. The third kappa shape index (κ3) is 1.04. The summed E-state index contributed by atoms with van der Waals surface area (Å²) in [5, 5.41) is 0. The van der Waals surface area contributed by atoms with Crippen molar-refractivity contribution in [3.8, 4) is 0 Å². The summed E-state index contributed by atoms with van der Waals surface area (Å²) >= 11 is 0.150. The second-order valence-electron chi connectivity index (χ2n) is 1.91. The van der Waals surface area contributed by atoms with Crippen LogP contribution < -0.4 is 37.6 Å². The van der Waals surface area contributed by atoms with Gasteiger partial charge in [-0.25, -0.2) is 0 Å². The van der Waals surface area contributed by atoms with Crippen molar-refractivity contribution in [2.24, 2.45) is 0 Å². The molecule has 3 nitrogen and oxygen atoms in total. The Morgan fingerprint density at radius 3 is 2.20 bits per heavy atom. The van der Waals surface area contributed by atoms with Crippen molar-refractivity contribution >= 4 is 0 Å². The van der Waals surface area contributed by atoms with E-state index in [1.54, 1.807) is 0 Å². The van der Waals surface area contributed by atoms with Gasteiger partial charge in [0, 0.05) is 0 Å². The van der Waals surface area contributed by atoms with Gasteiger partial charge in [-0.05, 0) is 0 Å². The van der Waals surface area contributed by atoms with Crippen molar-refractivity contribution in [1.82, 2.24) is 16.4 Å². The molecule has 0 saturated heterocycles. The number of nitrogens with one attached hydrogen (secondary N) is 3. The zero-order chi connectivity index (χ0) is 6.81. The predicted octanol–water partition coefficient (Wildman–Crippen LogP) is -3.06. The molecule has 2 heterocycles. The first-order chi connectivity index (χ1) is 4.97. The number of halogens is 1. The van der Waals surface area contributed by atoms with Gasteiger partial charge in [-0.15, -0.1) is 0 Å². The molecule has 0 saturated carbocycles. The Labute approximate surface area is 69.5 Å². The number of hydrogen-bond acceptors (Lipinski definition) is 3. The van der Waals surface area contributed by atoms with Crippen LogP contribution in [0.2, 0.25) is 0 Å². The summed E-state index contributed by atoms with van der Waals surface area (Å²) in [5.41, 5.74) is 11.1. The SMILES string of the molecule is C1=CC2=C(C=C[I-]1)NNN2. The zero-order valence-electron chi connectivity index (χ0n) is 5.19. The minimum absolute atomic E-state index is 0.150. The Bertz CT molecular complexity index is 207. The molecular weight excluding hydrogens is 241 g/mol. The van der Waals surface area contributed by atoms with Gasteiger partial charge in [0.2, 0.25) is 0 Å².